The fraction of sp³-hybridized carbons (Fsp3) is 0.292. The molecule has 3 aromatic rings. The minimum atomic E-state index is -0.271. The van der Waals surface area contributed by atoms with Crippen molar-refractivity contribution in [2.75, 3.05) is 20.6 Å². The lowest BCUT2D eigenvalue weighted by Gasteiger charge is -2.21. The molecule has 7 heteroatoms. The van der Waals surface area contributed by atoms with E-state index in [9.17, 15) is 14.0 Å². The smallest absolute Gasteiger partial charge is 0.266 e. The Bertz CT molecular complexity index is 1060. The number of thiazole rings is 1. The summed E-state index contributed by atoms with van der Waals surface area (Å²) in [6, 6.07) is 13.7. The van der Waals surface area contributed by atoms with Gasteiger partial charge in [0, 0.05) is 39.2 Å². The van der Waals surface area contributed by atoms with Crippen LogP contribution in [0.4, 0.5) is 4.39 Å². The summed E-state index contributed by atoms with van der Waals surface area (Å²) in [5.74, 6) is -0.382. The van der Waals surface area contributed by atoms with Gasteiger partial charge in [0.2, 0.25) is 0 Å². The molecule has 0 N–H and O–H groups in total. The van der Waals surface area contributed by atoms with Crippen LogP contribution in [0.15, 0.2) is 48.5 Å². The first kappa shape index (κ1) is 22.6. The molecule has 0 unspecified atom stereocenters. The van der Waals surface area contributed by atoms with Crippen molar-refractivity contribution in [1.82, 2.24) is 14.8 Å². The van der Waals surface area contributed by atoms with E-state index in [-0.39, 0.29) is 17.6 Å². The first-order chi connectivity index (χ1) is 14.8. The number of nitrogens with zero attached hydrogens (tertiary/aromatic N) is 3. The molecule has 2 aromatic carbocycles. The van der Waals surface area contributed by atoms with Crippen LogP contribution in [0.5, 0.6) is 0 Å². The lowest BCUT2D eigenvalue weighted by atomic mass is 10.1. The Balaban J connectivity index is 1.72. The average molecular weight is 440 g/mol. The minimum Gasteiger partial charge on any atom is -0.345 e. The standard InChI is InChI=1S/C24H26FN3O2S/c1-5-28(15-18-6-10-19(11-7-18)23(29)27(3)4)24(30)22-16(2)26-21(31-22)14-17-8-12-20(25)13-9-17/h6-13H,5,14-15H2,1-4H3. The first-order valence-electron chi connectivity index (χ1n) is 10.1. The number of amides is 2. The number of carbonyl (C=O) groups excluding carboxylic acids is 2. The summed E-state index contributed by atoms with van der Waals surface area (Å²) in [7, 11) is 3.44. The second-order valence-corrected chi connectivity index (χ2v) is 8.62. The van der Waals surface area contributed by atoms with Gasteiger partial charge < -0.3 is 9.80 Å². The van der Waals surface area contributed by atoms with Crippen molar-refractivity contribution in [2.24, 2.45) is 0 Å². The summed E-state index contributed by atoms with van der Waals surface area (Å²) < 4.78 is 13.1. The molecule has 1 heterocycles. The molecule has 0 saturated carbocycles. The number of hydrogen-bond donors (Lipinski definition) is 0. The van der Waals surface area contributed by atoms with Gasteiger partial charge in [-0.05, 0) is 49.2 Å². The molecule has 0 aliphatic carbocycles. The third-order valence-electron chi connectivity index (χ3n) is 4.95. The van der Waals surface area contributed by atoms with Gasteiger partial charge in [0.15, 0.2) is 0 Å². The number of aromatic nitrogens is 1. The highest BCUT2D eigenvalue weighted by atomic mass is 32.1. The van der Waals surface area contributed by atoms with Crippen molar-refractivity contribution in [3.05, 3.63) is 86.6 Å². The van der Waals surface area contributed by atoms with Crippen LogP contribution in [0, 0.1) is 12.7 Å². The molecule has 0 atom stereocenters. The zero-order valence-electron chi connectivity index (χ0n) is 18.2. The van der Waals surface area contributed by atoms with Crippen LogP contribution >= 0.6 is 11.3 Å². The van der Waals surface area contributed by atoms with E-state index < -0.39 is 0 Å². The Hall–Kier alpha value is -3.06. The normalized spacial score (nSPS) is 10.7. The molecule has 162 valence electrons. The van der Waals surface area contributed by atoms with E-state index in [1.165, 1.54) is 28.4 Å². The molecule has 1 aromatic heterocycles. The molecule has 0 fully saturated rings. The number of benzene rings is 2. The van der Waals surface area contributed by atoms with Gasteiger partial charge in [-0.1, -0.05) is 24.3 Å². The van der Waals surface area contributed by atoms with Crippen LogP contribution in [0.1, 0.15) is 48.8 Å². The lowest BCUT2D eigenvalue weighted by Crippen LogP contribution is -2.30. The summed E-state index contributed by atoms with van der Waals surface area (Å²) in [5.41, 5.74) is 3.23. The van der Waals surface area contributed by atoms with Crippen LogP contribution in [-0.4, -0.2) is 47.2 Å². The van der Waals surface area contributed by atoms with Crippen LogP contribution in [0.3, 0.4) is 0 Å². The van der Waals surface area contributed by atoms with Crippen LogP contribution < -0.4 is 0 Å². The van der Waals surface area contributed by atoms with Crippen LogP contribution in [0.25, 0.3) is 0 Å². The molecule has 31 heavy (non-hydrogen) atoms. The van der Waals surface area contributed by atoms with Gasteiger partial charge >= 0.3 is 0 Å². The number of halogens is 1. The summed E-state index contributed by atoms with van der Waals surface area (Å²) >= 11 is 1.38. The summed E-state index contributed by atoms with van der Waals surface area (Å²) in [5, 5.41) is 0.829. The molecule has 0 bridgehead atoms. The van der Waals surface area contributed by atoms with Crippen molar-refractivity contribution < 1.29 is 14.0 Å². The second-order valence-electron chi connectivity index (χ2n) is 7.54. The van der Waals surface area contributed by atoms with Gasteiger partial charge in [0.1, 0.15) is 10.7 Å². The number of rotatable bonds is 7. The molecule has 0 radical (unpaired) electrons. The van der Waals surface area contributed by atoms with Gasteiger partial charge in [-0.15, -0.1) is 11.3 Å². The Kier molecular flexibility index (Phi) is 7.17. The fourth-order valence-corrected chi connectivity index (χ4v) is 4.27. The maximum Gasteiger partial charge on any atom is 0.266 e. The lowest BCUT2D eigenvalue weighted by molar-refractivity contribution is 0.0755. The van der Waals surface area contributed by atoms with Crippen molar-refractivity contribution in [1.29, 1.82) is 0 Å². The first-order valence-corrected chi connectivity index (χ1v) is 10.9. The summed E-state index contributed by atoms with van der Waals surface area (Å²) in [6.07, 6.45) is 0.562. The quantitative estimate of drug-likeness (QED) is 0.543. The molecule has 0 spiro atoms. The molecule has 0 saturated heterocycles. The van der Waals surface area contributed by atoms with Crippen molar-refractivity contribution in [2.45, 2.75) is 26.8 Å². The van der Waals surface area contributed by atoms with E-state index in [1.54, 1.807) is 43.3 Å². The minimum absolute atomic E-state index is 0.0519. The SMILES string of the molecule is CCN(Cc1ccc(C(=O)N(C)C)cc1)C(=O)c1sc(Cc2ccc(F)cc2)nc1C. The van der Waals surface area contributed by atoms with E-state index in [0.29, 0.717) is 35.6 Å². The molecule has 0 aliphatic rings. The molecular weight excluding hydrogens is 413 g/mol. The average Bonchev–Trinajstić information content (AvgIpc) is 3.13. The topological polar surface area (TPSA) is 53.5 Å². The van der Waals surface area contributed by atoms with Crippen LogP contribution in [0.2, 0.25) is 0 Å². The summed E-state index contributed by atoms with van der Waals surface area (Å²) in [4.78, 5) is 33.7. The highest BCUT2D eigenvalue weighted by molar-refractivity contribution is 7.13. The highest BCUT2D eigenvalue weighted by Gasteiger charge is 2.21. The Morgan fingerprint density at radius 3 is 2.16 bits per heavy atom. The molecule has 2 amide bonds. The van der Waals surface area contributed by atoms with Crippen molar-refractivity contribution in [3.63, 3.8) is 0 Å². The van der Waals surface area contributed by atoms with Crippen LogP contribution in [-0.2, 0) is 13.0 Å². The van der Waals surface area contributed by atoms with Crippen molar-refractivity contribution in [3.8, 4) is 0 Å². The third kappa shape index (κ3) is 5.55. The Morgan fingerprint density at radius 1 is 0.968 bits per heavy atom. The second kappa shape index (κ2) is 9.83. The van der Waals surface area contributed by atoms with E-state index in [4.69, 9.17) is 0 Å². The highest BCUT2D eigenvalue weighted by Crippen LogP contribution is 2.23. The largest absolute Gasteiger partial charge is 0.345 e. The maximum absolute atomic E-state index is 13.2. The fourth-order valence-electron chi connectivity index (χ4n) is 3.21. The molecule has 0 aliphatic heterocycles. The predicted octanol–water partition coefficient (Wildman–Crippen LogP) is 4.55. The van der Waals surface area contributed by atoms with Gasteiger partial charge in [-0.2, -0.15) is 0 Å². The van der Waals surface area contributed by atoms with Gasteiger partial charge in [0.25, 0.3) is 11.8 Å². The Labute approximate surface area is 186 Å². The number of hydrogen-bond acceptors (Lipinski definition) is 4. The van der Waals surface area contributed by atoms with Crippen molar-refractivity contribution >= 4 is 23.2 Å². The predicted molar refractivity (Wildman–Crippen MR) is 121 cm³/mol. The van der Waals surface area contributed by atoms with Gasteiger partial charge in [-0.3, -0.25) is 9.59 Å². The number of carbonyl (C=O) groups is 2. The third-order valence-corrected chi connectivity index (χ3v) is 6.10. The van der Waals surface area contributed by atoms with E-state index in [1.807, 2.05) is 26.0 Å². The maximum atomic E-state index is 13.2. The zero-order valence-corrected chi connectivity index (χ0v) is 19.0. The van der Waals surface area contributed by atoms with E-state index in [0.717, 1.165) is 16.1 Å². The summed E-state index contributed by atoms with van der Waals surface area (Å²) in [6.45, 7) is 4.79. The van der Waals surface area contributed by atoms with E-state index >= 15 is 0 Å². The van der Waals surface area contributed by atoms with Gasteiger partial charge in [0.05, 0.1) is 10.7 Å². The monoisotopic (exact) mass is 439 g/mol. The van der Waals surface area contributed by atoms with E-state index in [2.05, 4.69) is 4.98 Å². The molecule has 3 rings (SSSR count). The molecule has 5 nitrogen and oxygen atoms in total. The number of aryl methyl sites for hydroxylation is 1. The Morgan fingerprint density at radius 2 is 1.58 bits per heavy atom. The zero-order chi connectivity index (χ0) is 22.5. The van der Waals surface area contributed by atoms with Gasteiger partial charge in [-0.25, -0.2) is 9.37 Å². The molecular formula is C24H26FN3O2S.